The van der Waals surface area contributed by atoms with Crippen molar-refractivity contribution in [2.75, 3.05) is 5.88 Å². The molecule has 1 nitrogen and oxygen atoms in total. The van der Waals surface area contributed by atoms with Gasteiger partial charge < -0.3 is 0 Å². The molecular formula is C14H14ClN. The third kappa shape index (κ3) is 2.28. The van der Waals surface area contributed by atoms with Crippen molar-refractivity contribution >= 4 is 17.7 Å². The Morgan fingerprint density at radius 2 is 2.00 bits per heavy atom. The van der Waals surface area contributed by atoms with E-state index in [0.29, 0.717) is 5.88 Å². The zero-order valence-electron chi connectivity index (χ0n) is 9.12. The van der Waals surface area contributed by atoms with E-state index in [1.54, 1.807) is 0 Å². The summed E-state index contributed by atoms with van der Waals surface area (Å²) in [6.07, 6.45) is 7.04. The van der Waals surface area contributed by atoms with E-state index in [1.807, 2.05) is 0 Å². The molecule has 0 aromatic heterocycles. The molecule has 0 amide bonds. The van der Waals surface area contributed by atoms with Crippen molar-refractivity contribution in [1.29, 1.82) is 5.26 Å². The van der Waals surface area contributed by atoms with Gasteiger partial charge in [-0.05, 0) is 30.4 Å². The number of nitriles is 1. The second kappa shape index (κ2) is 4.72. The first kappa shape index (κ1) is 11.2. The van der Waals surface area contributed by atoms with Gasteiger partial charge in [-0.3, -0.25) is 0 Å². The number of halogens is 1. The average molecular weight is 232 g/mol. The fourth-order valence-corrected chi connectivity index (χ4v) is 1.91. The minimum absolute atomic E-state index is 0.168. The van der Waals surface area contributed by atoms with Crippen molar-refractivity contribution in [2.24, 2.45) is 0 Å². The molecule has 0 spiro atoms. The van der Waals surface area contributed by atoms with Crippen molar-refractivity contribution in [2.45, 2.75) is 24.7 Å². The standard InChI is InChI=1S/C14H14ClN/c15-10-2-1-3-12-4-6-13(7-5-12)14(11-16)8-9-14/h1,3-7H,2,8-10H2. The number of benzene rings is 1. The maximum atomic E-state index is 9.07. The van der Waals surface area contributed by atoms with Crippen molar-refractivity contribution in [3.8, 4) is 6.07 Å². The molecule has 1 aromatic carbocycles. The topological polar surface area (TPSA) is 23.8 Å². The van der Waals surface area contributed by atoms with Gasteiger partial charge in [-0.1, -0.05) is 36.4 Å². The highest BCUT2D eigenvalue weighted by Crippen LogP contribution is 2.47. The minimum atomic E-state index is -0.168. The SMILES string of the molecule is N#CC1(c2ccc(C=CCCCl)cc2)CC1. The van der Waals surface area contributed by atoms with Crippen molar-refractivity contribution in [3.05, 3.63) is 41.5 Å². The molecule has 1 aliphatic rings. The molecule has 2 rings (SSSR count). The lowest BCUT2D eigenvalue weighted by molar-refractivity contribution is 0.908. The molecule has 0 unspecified atom stereocenters. The van der Waals surface area contributed by atoms with E-state index in [9.17, 15) is 0 Å². The first-order valence-electron chi connectivity index (χ1n) is 5.55. The molecule has 0 aliphatic heterocycles. The second-order valence-corrected chi connectivity index (χ2v) is 4.57. The van der Waals surface area contributed by atoms with Gasteiger partial charge in [-0.2, -0.15) is 5.26 Å². The molecule has 1 aliphatic carbocycles. The largest absolute Gasteiger partial charge is 0.197 e. The summed E-state index contributed by atoms with van der Waals surface area (Å²) in [4.78, 5) is 0. The van der Waals surface area contributed by atoms with Gasteiger partial charge in [0.1, 0.15) is 0 Å². The van der Waals surface area contributed by atoms with Crippen LogP contribution in [0.5, 0.6) is 0 Å². The van der Waals surface area contributed by atoms with Gasteiger partial charge in [-0.25, -0.2) is 0 Å². The zero-order chi connectivity index (χ0) is 11.4. The number of hydrogen-bond acceptors (Lipinski definition) is 1. The highest BCUT2D eigenvalue weighted by molar-refractivity contribution is 6.17. The Bertz CT molecular complexity index is 421. The number of allylic oxidation sites excluding steroid dienone is 1. The molecule has 0 saturated heterocycles. The summed E-state index contributed by atoms with van der Waals surface area (Å²) >= 11 is 5.59. The molecule has 0 atom stereocenters. The quantitative estimate of drug-likeness (QED) is 0.722. The fourth-order valence-electron chi connectivity index (χ4n) is 1.79. The summed E-state index contributed by atoms with van der Waals surface area (Å²) in [7, 11) is 0. The van der Waals surface area contributed by atoms with Gasteiger partial charge in [0.25, 0.3) is 0 Å². The zero-order valence-corrected chi connectivity index (χ0v) is 9.87. The Morgan fingerprint density at radius 1 is 1.31 bits per heavy atom. The van der Waals surface area contributed by atoms with Crippen LogP contribution in [0.25, 0.3) is 6.08 Å². The second-order valence-electron chi connectivity index (χ2n) is 4.20. The molecule has 82 valence electrons. The summed E-state index contributed by atoms with van der Waals surface area (Å²) in [5.41, 5.74) is 2.16. The summed E-state index contributed by atoms with van der Waals surface area (Å²) in [5, 5.41) is 9.07. The molecular weight excluding hydrogens is 218 g/mol. The highest BCUT2D eigenvalue weighted by atomic mass is 35.5. The highest BCUT2D eigenvalue weighted by Gasteiger charge is 2.44. The van der Waals surface area contributed by atoms with Crippen molar-refractivity contribution in [3.63, 3.8) is 0 Å². The van der Waals surface area contributed by atoms with Gasteiger partial charge in [0.2, 0.25) is 0 Å². The number of nitrogens with zero attached hydrogens (tertiary/aromatic N) is 1. The summed E-state index contributed by atoms with van der Waals surface area (Å²) in [6.45, 7) is 0. The van der Waals surface area contributed by atoms with Gasteiger partial charge in [0, 0.05) is 5.88 Å². The predicted octanol–water partition coefficient (Wildman–Crippen LogP) is 3.88. The third-order valence-corrected chi connectivity index (χ3v) is 3.23. The molecule has 0 bridgehead atoms. The molecule has 1 fully saturated rings. The summed E-state index contributed by atoms with van der Waals surface area (Å²) < 4.78 is 0. The first-order valence-corrected chi connectivity index (χ1v) is 6.08. The average Bonchev–Trinajstić information content (AvgIpc) is 3.11. The molecule has 0 N–H and O–H groups in total. The van der Waals surface area contributed by atoms with E-state index in [-0.39, 0.29) is 5.41 Å². The Hall–Kier alpha value is -1.26. The molecule has 1 aromatic rings. The van der Waals surface area contributed by atoms with E-state index in [1.165, 1.54) is 5.56 Å². The van der Waals surface area contributed by atoms with Crippen LogP contribution in [-0.4, -0.2) is 5.88 Å². The van der Waals surface area contributed by atoms with E-state index in [2.05, 4.69) is 42.5 Å². The van der Waals surface area contributed by atoms with Crippen LogP contribution in [0.15, 0.2) is 30.3 Å². The monoisotopic (exact) mass is 231 g/mol. The Kier molecular flexibility index (Phi) is 3.31. The number of hydrogen-bond donors (Lipinski definition) is 0. The normalized spacial score (nSPS) is 17.2. The van der Waals surface area contributed by atoms with Crippen molar-refractivity contribution < 1.29 is 0 Å². The fraction of sp³-hybridized carbons (Fsp3) is 0.357. The van der Waals surface area contributed by atoms with Gasteiger partial charge in [-0.15, -0.1) is 11.6 Å². The third-order valence-electron chi connectivity index (χ3n) is 3.01. The van der Waals surface area contributed by atoms with E-state index >= 15 is 0 Å². The Labute approximate surface area is 101 Å². The van der Waals surface area contributed by atoms with E-state index < -0.39 is 0 Å². The molecule has 0 heterocycles. The van der Waals surface area contributed by atoms with Crippen LogP contribution in [0.4, 0.5) is 0 Å². The smallest absolute Gasteiger partial charge is 0.0823 e. The van der Waals surface area contributed by atoms with Crippen LogP contribution in [0.3, 0.4) is 0 Å². The lowest BCUT2D eigenvalue weighted by Gasteiger charge is -2.05. The number of rotatable bonds is 4. The summed E-state index contributed by atoms with van der Waals surface area (Å²) in [5.74, 6) is 0.659. The summed E-state index contributed by atoms with van der Waals surface area (Å²) in [6, 6.07) is 10.7. The van der Waals surface area contributed by atoms with Gasteiger partial charge in [0.15, 0.2) is 0 Å². The molecule has 0 radical (unpaired) electrons. The predicted molar refractivity (Wildman–Crippen MR) is 67.3 cm³/mol. The Balaban J connectivity index is 2.09. The molecule has 1 saturated carbocycles. The van der Waals surface area contributed by atoms with Crippen LogP contribution >= 0.6 is 11.6 Å². The maximum Gasteiger partial charge on any atom is 0.0823 e. The van der Waals surface area contributed by atoms with Crippen LogP contribution in [0, 0.1) is 11.3 Å². The van der Waals surface area contributed by atoms with Crippen LogP contribution in [-0.2, 0) is 5.41 Å². The van der Waals surface area contributed by atoms with Crippen molar-refractivity contribution in [1.82, 2.24) is 0 Å². The molecule has 16 heavy (non-hydrogen) atoms. The van der Waals surface area contributed by atoms with Gasteiger partial charge in [0.05, 0.1) is 11.5 Å². The van der Waals surface area contributed by atoms with E-state index in [0.717, 1.165) is 24.8 Å². The Morgan fingerprint density at radius 3 is 2.50 bits per heavy atom. The van der Waals surface area contributed by atoms with Gasteiger partial charge >= 0.3 is 0 Å². The molecule has 2 heteroatoms. The lowest BCUT2D eigenvalue weighted by atomic mass is 9.96. The number of alkyl halides is 1. The van der Waals surface area contributed by atoms with Crippen LogP contribution in [0.2, 0.25) is 0 Å². The van der Waals surface area contributed by atoms with Crippen LogP contribution < -0.4 is 0 Å². The first-order chi connectivity index (χ1) is 7.80. The lowest BCUT2D eigenvalue weighted by Crippen LogP contribution is -2.01. The van der Waals surface area contributed by atoms with E-state index in [4.69, 9.17) is 16.9 Å². The minimum Gasteiger partial charge on any atom is -0.197 e. The van der Waals surface area contributed by atoms with Crippen LogP contribution in [0.1, 0.15) is 30.4 Å². The maximum absolute atomic E-state index is 9.07.